The first-order valence-corrected chi connectivity index (χ1v) is 6.01. The van der Waals surface area contributed by atoms with Crippen molar-refractivity contribution in [3.8, 4) is 0 Å². The van der Waals surface area contributed by atoms with E-state index >= 15 is 0 Å². The van der Waals surface area contributed by atoms with Gasteiger partial charge in [0.05, 0.1) is 5.54 Å². The molecule has 88 valence electrons. The summed E-state index contributed by atoms with van der Waals surface area (Å²) in [6.45, 7) is 5.88. The van der Waals surface area contributed by atoms with Crippen LogP contribution in [0.4, 0.5) is 0 Å². The SMILES string of the molecule is CCC(C)(N)C(=O)NC1(C)CCCCC1. The van der Waals surface area contributed by atoms with Gasteiger partial charge in [-0.2, -0.15) is 0 Å². The molecule has 0 heterocycles. The number of nitrogens with one attached hydrogen (secondary N) is 1. The van der Waals surface area contributed by atoms with Gasteiger partial charge in [-0.3, -0.25) is 4.79 Å². The van der Waals surface area contributed by atoms with Crippen molar-refractivity contribution in [2.45, 2.75) is 70.4 Å². The fourth-order valence-corrected chi connectivity index (χ4v) is 2.03. The highest BCUT2D eigenvalue weighted by atomic mass is 16.2. The Balaban J connectivity index is 2.56. The summed E-state index contributed by atoms with van der Waals surface area (Å²) in [5, 5.41) is 3.12. The van der Waals surface area contributed by atoms with Crippen LogP contribution >= 0.6 is 0 Å². The molecule has 1 fully saturated rings. The molecule has 1 atom stereocenters. The summed E-state index contributed by atoms with van der Waals surface area (Å²) in [6.07, 6.45) is 6.56. The summed E-state index contributed by atoms with van der Waals surface area (Å²) in [4.78, 5) is 11.9. The van der Waals surface area contributed by atoms with Gasteiger partial charge in [0.2, 0.25) is 5.91 Å². The molecule has 0 spiro atoms. The summed E-state index contributed by atoms with van der Waals surface area (Å²) < 4.78 is 0. The van der Waals surface area contributed by atoms with Gasteiger partial charge in [0.1, 0.15) is 0 Å². The maximum atomic E-state index is 11.9. The quantitative estimate of drug-likeness (QED) is 0.751. The molecule has 3 N–H and O–H groups in total. The highest BCUT2D eigenvalue weighted by molar-refractivity contribution is 5.86. The Hall–Kier alpha value is -0.570. The number of amides is 1. The molecule has 1 rings (SSSR count). The van der Waals surface area contributed by atoms with Crippen molar-refractivity contribution in [2.24, 2.45) is 5.73 Å². The maximum absolute atomic E-state index is 11.9. The first-order valence-electron chi connectivity index (χ1n) is 6.01. The average molecular weight is 212 g/mol. The molecule has 0 radical (unpaired) electrons. The Labute approximate surface area is 92.8 Å². The molecule has 1 unspecified atom stereocenters. The van der Waals surface area contributed by atoms with Gasteiger partial charge in [0.15, 0.2) is 0 Å². The molecule has 1 aliphatic rings. The summed E-state index contributed by atoms with van der Waals surface area (Å²) in [5.74, 6) is -0.00519. The second-order valence-corrected chi connectivity index (χ2v) is 5.35. The number of rotatable bonds is 3. The fourth-order valence-electron chi connectivity index (χ4n) is 2.03. The highest BCUT2D eigenvalue weighted by Gasteiger charge is 2.34. The second-order valence-electron chi connectivity index (χ2n) is 5.35. The number of nitrogens with two attached hydrogens (primary N) is 1. The zero-order valence-electron chi connectivity index (χ0n) is 10.2. The van der Waals surface area contributed by atoms with Gasteiger partial charge >= 0.3 is 0 Å². The molecule has 1 aliphatic carbocycles. The molecule has 1 amide bonds. The van der Waals surface area contributed by atoms with Crippen LogP contribution in [0, 0.1) is 0 Å². The van der Waals surface area contributed by atoms with Crippen LogP contribution in [0.3, 0.4) is 0 Å². The molecule has 0 saturated heterocycles. The minimum Gasteiger partial charge on any atom is -0.349 e. The van der Waals surface area contributed by atoms with E-state index in [1.165, 1.54) is 19.3 Å². The van der Waals surface area contributed by atoms with Crippen molar-refractivity contribution < 1.29 is 4.79 Å². The van der Waals surface area contributed by atoms with Crippen LogP contribution in [0.15, 0.2) is 0 Å². The van der Waals surface area contributed by atoms with Gasteiger partial charge in [-0.05, 0) is 33.1 Å². The van der Waals surface area contributed by atoms with E-state index < -0.39 is 5.54 Å². The van der Waals surface area contributed by atoms with Crippen molar-refractivity contribution in [1.82, 2.24) is 5.32 Å². The van der Waals surface area contributed by atoms with Gasteiger partial charge in [-0.1, -0.05) is 26.2 Å². The third-order valence-corrected chi connectivity index (χ3v) is 3.63. The predicted molar refractivity (Wildman–Crippen MR) is 62.5 cm³/mol. The summed E-state index contributed by atoms with van der Waals surface area (Å²) in [6, 6.07) is 0. The van der Waals surface area contributed by atoms with Crippen LogP contribution in [-0.2, 0) is 4.79 Å². The zero-order chi connectivity index (χ0) is 11.5. The first-order chi connectivity index (χ1) is 6.90. The van der Waals surface area contributed by atoms with E-state index in [9.17, 15) is 4.79 Å². The zero-order valence-corrected chi connectivity index (χ0v) is 10.2. The minimum absolute atomic E-state index is 0.00519. The van der Waals surface area contributed by atoms with E-state index in [0.29, 0.717) is 6.42 Å². The van der Waals surface area contributed by atoms with E-state index in [1.54, 1.807) is 6.92 Å². The third-order valence-electron chi connectivity index (χ3n) is 3.63. The number of carbonyl (C=O) groups excluding carboxylic acids is 1. The summed E-state index contributed by atoms with van der Waals surface area (Å²) >= 11 is 0. The number of hydrogen-bond donors (Lipinski definition) is 2. The Bertz CT molecular complexity index is 230. The molecule has 0 aromatic heterocycles. The maximum Gasteiger partial charge on any atom is 0.240 e. The van der Waals surface area contributed by atoms with Crippen LogP contribution in [-0.4, -0.2) is 17.0 Å². The van der Waals surface area contributed by atoms with Crippen LogP contribution in [0.2, 0.25) is 0 Å². The normalized spacial score (nSPS) is 24.3. The van der Waals surface area contributed by atoms with E-state index in [1.807, 2.05) is 6.92 Å². The lowest BCUT2D eigenvalue weighted by Gasteiger charge is -2.37. The van der Waals surface area contributed by atoms with Crippen molar-refractivity contribution >= 4 is 5.91 Å². The molecule has 3 nitrogen and oxygen atoms in total. The van der Waals surface area contributed by atoms with Crippen LogP contribution < -0.4 is 11.1 Å². The molecular weight excluding hydrogens is 188 g/mol. The van der Waals surface area contributed by atoms with E-state index in [0.717, 1.165) is 12.8 Å². The molecule has 0 aromatic carbocycles. The number of hydrogen-bond acceptors (Lipinski definition) is 2. The van der Waals surface area contributed by atoms with Gasteiger partial charge in [0, 0.05) is 5.54 Å². The first kappa shape index (κ1) is 12.5. The van der Waals surface area contributed by atoms with E-state index in [2.05, 4.69) is 12.2 Å². The van der Waals surface area contributed by atoms with Crippen LogP contribution in [0.1, 0.15) is 59.3 Å². The van der Waals surface area contributed by atoms with Crippen molar-refractivity contribution in [3.63, 3.8) is 0 Å². The van der Waals surface area contributed by atoms with E-state index in [4.69, 9.17) is 5.73 Å². The van der Waals surface area contributed by atoms with Crippen molar-refractivity contribution in [1.29, 1.82) is 0 Å². The molecule has 0 aliphatic heterocycles. The Morgan fingerprint density at radius 3 is 2.40 bits per heavy atom. The Kier molecular flexibility index (Phi) is 3.77. The topological polar surface area (TPSA) is 55.1 Å². The predicted octanol–water partition coefficient (Wildman–Crippen LogP) is 1.95. The molecule has 15 heavy (non-hydrogen) atoms. The van der Waals surface area contributed by atoms with Gasteiger partial charge < -0.3 is 11.1 Å². The smallest absolute Gasteiger partial charge is 0.240 e. The van der Waals surface area contributed by atoms with Crippen molar-refractivity contribution in [3.05, 3.63) is 0 Å². The monoisotopic (exact) mass is 212 g/mol. The minimum atomic E-state index is -0.722. The summed E-state index contributed by atoms with van der Waals surface area (Å²) in [5.41, 5.74) is 5.18. The second kappa shape index (κ2) is 4.52. The molecule has 1 saturated carbocycles. The highest BCUT2D eigenvalue weighted by Crippen LogP contribution is 2.28. The lowest BCUT2D eigenvalue weighted by atomic mass is 9.82. The van der Waals surface area contributed by atoms with Crippen LogP contribution in [0.5, 0.6) is 0 Å². The average Bonchev–Trinajstić information content (AvgIpc) is 2.18. The lowest BCUT2D eigenvalue weighted by molar-refractivity contribution is -0.128. The Morgan fingerprint density at radius 1 is 1.40 bits per heavy atom. The van der Waals surface area contributed by atoms with Crippen molar-refractivity contribution in [2.75, 3.05) is 0 Å². The molecule has 0 aromatic rings. The fraction of sp³-hybridized carbons (Fsp3) is 0.917. The molecule has 0 bridgehead atoms. The number of carbonyl (C=O) groups is 1. The van der Waals surface area contributed by atoms with E-state index in [-0.39, 0.29) is 11.4 Å². The van der Waals surface area contributed by atoms with Gasteiger partial charge in [0.25, 0.3) is 0 Å². The largest absolute Gasteiger partial charge is 0.349 e. The third kappa shape index (κ3) is 3.20. The van der Waals surface area contributed by atoms with Crippen LogP contribution in [0.25, 0.3) is 0 Å². The molecule has 3 heteroatoms. The standard InChI is InChI=1S/C12H24N2O/c1-4-12(3,13)10(15)14-11(2)8-6-5-7-9-11/h4-9,13H2,1-3H3,(H,14,15). The van der Waals surface area contributed by atoms with Gasteiger partial charge in [-0.15, -0.1) is 0 Å². The lowest BCUT2D eigenvalue weighted by Crippen LogP contribution is -2.58. The molecular formula is C12H24N2O. The summed E-state index contributed by atoms with van der Waals surface area (Å²) in [7, 11) is 0. The van der Waals surface area contributed by atoms with Gasteiger partial charge in [-0.25, -0.2) is 0 Å². The Morgan fingerprint density at radius 2 is 1.93 bits per heavy atom.